The van der Waals surface area contributed by atoms with E-state index in [2.05, 4.69) is 0 Å². The number of hydrogen-bond donors (Lipinski definition) is 6. The number of aliphatic hydroxyl groups is 4. The molecule has 1 fully saturated rings. The number of ether oxygens (including phenoxy) is 2. The average molecular weight is 296 g/mol. The smallest absolute Gasteiger partial charge is 0.333 e. The maximum Gasteiger partial charge on any atom is 0.333 e. The first-order valence-electron chi connectivity index (χ1n) is 5.68. The molecule has 1 rings (SSSR count). The molecule has 0 aliphatic carbocycles. The minimum atomic E-state index is -1.81. The van der Waals surface area contributed by atoms with E-state index in [9.17, 15) is 24.9 Å². The Balaban J connectivity index is 2.77. The van der Waals surface area contributed by atoms with Crippen molar-refractivity contribution < 1.29 is 49.7 Å². The van der Waals surface area contributed by atoms with Crippen LogP contribution in [0.3, 0.4) is 0 Å². The van der Waals surface area contributed by atoms with Crippen molar-refractivity contribution in [3.63, 3.8) is 0 Å². The van der Waals surface area contributed by atoms with Gasteiger partial charge >= 0.3 is 11.9 Å². The molecule has 3 unspecified atom stereocenters. The third kappa shape index (κ3) is 3.85. The Morgan fingerprint density at radius 3 is 2.15 bits per heavy atom. The highest BCUT2D eigenvalue weighted by Crippen LogP contribution is 2.23. The fraction of sp³-hybridized carbons (Fsp3) is 0.800. The van der Waals surface area contributed by atoms with Gasteiger partial charge in [-0.05, 0) is 0 Å². The van der Waals surface area contributed by atoms with Crippen LogP contribution >= 0.6 is 0 Å². The molecule has 0 bridgehead atoms. The number of aliphatic hydroxyl groups excluding tert-OH is 4. The molecule has 0 aromatic carbocycles. The van der Waals surface area contributed by atoms with E-state index in [0.29, 0.717) is 0 Å². The molecule has 0 aromatic rings. The van der Waals surface area contributed by atoms with Crippen molar-refractivity contribution in [2.45, 2.75) is 43.2 Å². The van der Waals surface area contributed by atoms with Crippen LogP contribution < -0.4 is 0 Å². The van der Waals surface area contributed by atoms with Gasteiger partial charge in [-0.15, -0.1) is 0 Å². The third-order valence-electron chi connectivity index (χ3n) is 2.78. The van der Waals surface area contributed by atoms with Crippen LogP contribution in [0.4, 0.5) is 0 Å². The minimum absolute atomic E-state index is 0.707. The largest absolute Gasteiger partial charge is 0.481 e. The first-order chi connectivity index (χ1) is 9.27. The molecule has 6 N–H and O–H groups in total. The Labute approximate surface area is 112 Å². The lowest BCUT2D eigenvalue weighted by Gasteiger charge is -2.40. The molecule has 1 aliphatic heterocycles. The molecular formula is C10H16O10. The summed E-state index contributed by atoms with van der Waals surface area (Å²) in [5, 5.41) is 54.8. The monoisotopic (exact) mass is 296 g/mol. The van der Waals surface area contributed by atoms with Crippen LogP contribution in [0.5, 0.6) is 0 Å². The van der Waals surface area contributed by atoms with E-state index in [0.717, 1.165) is 0 Å². The quantitative estimate of drug-likeness (QED) is 0.292. The Kier molecular flexibility index (Phi) is 5.80. The van der Waals surface area contributed by atoms with Gasteiger partial charge in [-0.1, -0.05) is 0 Å². The molecule has 6 atom stereocenters. The predicted molar refractivity (Wildman–Crippen MR) is 58.5 cm³/mol. The zero-order valence-corrected chi connectivity index (χ0v) is 10.2. The standard InChI is InChI=1S/C10H16O10/c11-2-4-6(14)7(15)8(16)10(20-4)19-3(9(17)18)1-5(12)13/h3-4,6-8,10-11,14-16H,1-2H2,(H,12,13)(H,17,18)/t3-,4?,6+,7?,8?,10-/m0/s1. The zero-order valence-electron chi connectivity index (χ0n) is 10.2. The number of hydrogen-bond acceptors (Lipinski definition) is 8. The van der Waals surface area contributed by atoms with E-state index in [1.807, 2.05) is 0 Å². The molecule has 10 heteroatoms. The van der Waals surface area contributed by atoms with Crippen LogP contribution in [0.15, 0.2) is 0 Å². The number of aliphatic carboxylic acids is 2. The summed E-state index contributed by atoms with van der Waals surface area (Å²) in [4.78, 5) is 21.3. The Bertz CT molecular complexity index is 356. The normalized spacial score (nSPS) is 35.5. The second-order valence-corrected chi connectivity index (χ2v) is 4.26. The molecule has 0 amide bonds. The van der Waals surface area contributed by atoms with Gasteiger partial charge in [-0.2, -0.15) is 0 Å². The summed E-state index contributed by atoms with van der Waals surface area (Å²) < 4.78 is 9.70. The van der Waals surface area contributed by atoms with E-state index < -0.39 is 61.8 Å². The van der Waals surface area contributed by atoms with E-state index in [1.54, 1.807) is 0 Å². The number of carboxylic acid groups (broad SMARTS) is 2. The van der Waals surface area contributed by atoms with E-state index in [1.165, 1.54) is 0 Å². The van der Waals surface area contributed by atoms with Gasteiger partial charge in [0.1, 0.15) is 24.4 Å². The second-order valence-electron chi connectivity index (χ2n) is 4.26. The molecule has 0 radical (unpaired) electrons. The van der Waals surface area contributed by atoms with Gasteiger partial charge in [0, 0.05) is 0 Å². The van der Waals surface area contributed by atoms with Gasteiger partial charge < -0.3 is 40.1 Å². The zero-order chi connectivity index (χ0) is 15.4. The third-order valence-corrected chi connectivity index (χ3v) is 2.78. The summed E-state index contributed by atoms with van der Waals surface area (Å²) in [6.45, 7) is -0.707. The number of carbonyl (C=O) groups is 2. The average Bonchev–Trinajstić information content (AvgIpc) is 2.37. The maximum atomic E-state index is 10.8. The fourth-order valence-corrected chi connectivity index (χ4v) is 1.69. The lowest BCUT2D eigenvalue weighted by atomic mass is 9.99. The van der Waals surface area contributed by atoms with Crippen LogP contribution in [0, 0.1) is 0 Å². The molecule has 116 valence electrons. The number of carboxylic acids is 2. The van der Waals surface area contributed by atoms with E-state index in [4.69, 9.17) is 24.8 Å². The van der Waals surface area contributed by atoms with Gasteiger partial charge in [-0.25, -0.2) is 4.79 Å². The number of rotatable bonds is 6. The molecule has 1 heterocycles. The van der Waals surface area contributed by atoms with Crippen LogP contribution in [0.2, 0.25) is 0 Å². The molecular weight excluding hydrogens is 280 g/mol. The molecule has 10 nitrogen and oxygen atoms in total. The predicted octanol–water partition coefficient (Wildman–Crippen LogP) is -3.27. The molecule has 1 aliphatic rings. The summed E-state index contributed by atoms with van der Waals surface area (Å²) in [6, 6.07) is 0. The minimum Gasteiger partial charge on any atom is -0.481 e. The van der Waals surface area contributed by atoms with Crippen molar-refractivity contribution in [3.8, 4) is 0 Å². The highest BCUT2D eigenvalue weighted by molar-refractivity contribution is 5.79. The van der Waals surface area contributed by atoms with Gasteiger partial charge in [0.15, 0.2) is 12.4 Å². The lowest BCUT2D eigenvalue weighted by molar-refractivity contribution is -0.310. The van der Waals surface area contributed by atoms with Gasteiger partial charge in [0.25, 0.3) is 0 Å². The summed E-state index contributed by atoms with van der Waals surface area (Å²) in [5.41, 5.74) is 0. The van der Waals surface area contributed by atoms with Crippen molar-refractivity contribution in [3.05, 3.63) is 0 Å². The van der Waals surface area contributed by atoms with Crippen molar-refractivity contribution >= 4 is 11.9 Å². The van der Waals surface area contributed by atoms with Gasteiger partial charge in [0.2, 0.25) is 0 Å². The second kappa shape index (κ2) is 6.92. The maximum absolute atomic E-state index is 10.8. The SMILES string of the molecule is O=C(O)C[C@H](O[C@H]1OC(CO)[C@@H](O)C(O)C1O)C(=O)O. The van der Waals surface area contributed by atoms with Crippen molar-refractivity contribution in [2.75, 3.05) is 6.61 Å². The van der Waals surface area contributed by atoms with Gasteiger partial charge in [0.05, 0.1) is 13.0 Å². The van der Waals surface area contributed by atoms with Crippen molar-refractivity contribution in [1.82, 2.24) is 0 Å². The van der Waals surface area contributed by atoms with Crippen molar-refractivity contribution in [1.29, 1.82) is 0 Å². The van der Waals surface area contributed by atoms with Gasteiger partial charge in [-0.3, -0.25) is 4.79 Å². The summed E-state index contributed by atoms with van der Waals surface area (Å²) in [7, 11) is 0. The molecule has 0 spiro atoms. The highest BCUT2D eigenvalue weighted by Gasteiger charge is 2.45. The van der Waals surface area contributed by atoms with E-state index in [-0.39, 0.29) is 0 Å². The van der Waals surface area contributed by atoms with E-state index >= 15 is 0 Å². The fourth-order valence-electron chi connectivity index (χ4n) is 1.69. The van der Waals surface area contributed by atoms with Crippen LogP contribution in [0.25, 0.3) is 0 Å². The Morgan fingerprint density at radius 2 is 1.70 bits per heavy atom. The molecule has 0 aromatic heterocycles. The highest BCUT2D eigenvalue weighted by atomic mass is 16.7. The Morgan fingerprint density at radius 1 is 1.10 bits per heavy atom. The molecule has 1 saturated heterocycles. The first-order valence-corrected chi connectivity index (χ1v) is 5.68. The summed E-state index contributed by atoms with van der Waals surface area (Å²) >= 11 is 0. The van der Waals surface area contributed by atoms with Crippen molar-refractivity contribution in [2.24, 2.45) is 0 Å². The Hall–Kier alpha value is -1.30. The topological polar surface area (TPSA) is 174 Å². The summed E-state index contributed by atoms with van der Waals surface area (Å²) in [6.07, 6.45) is -10.8. The van der Waals surface area contributed by atoms with Crippen LogP contribution in [-0.4, -0.2) is 86.0 Å². The van der Waals surface area contributed by atoms with Crippen LogP contribution in [-0.2, 0) is 19.1 Å². The first kappa shape index (κ1) is 16.8. The lowest BCUT2D eigenvalue weighted by Crippen LogP contribution is -2.60. The summed E-state index contributed by atoms with van der Waals surface area (Å²) in [5.74, 6) is -3.04. The molecule has 20 heavy (non-hydrogen) atoms. The molecule has 0 saturated carbocycles. The van der Waals surface area contributed by atoms with Crippen LogP contribution in [0.1, 0.15) is 6.42 Å².